The first-order valence-electron chi connectivity index (χ1n) is 7.31. The lowest BCUT2D eigenvalue weighted by atomic mass is 9.93. The predicted octanol–water partition coefficient (Wildman–Crippen LogP) is -2.03. The molecule has 2 bridgehead atoms. The second-order valence-electron chi connectivity index (χ2n) is 6.22. The molecule has 1 saturated heterocycles. The molecule has 0 radical (unpaired) electrons. The fourth-order valence-corrected chi connectivity index (χ4v) is 4.07. The molecule has 3 nitrogen and oxygen atoms in total. The Morgan fingerprint density at radius 1 is 1.00 bits per heavy atom. The van der Waals surface area contributed by atoms with Crippen LogP contribution in [0.1, 0.15) is 12.8 Å². The van der Waals surface area contributed by atoms with E-state index in [9.17, 15) is 0 Å². The van der Waals surface area contributed by atoms with E-state index in [0.717, 1.165) is 24.3 Å². The van der Waals surface area contributed by atoms with Crippen molar-refractivity contribution in [2.75, 3.05) is 45.9 Å². The van der Waals surface area contributed by atoms with E-state index in [4.69, 9.17) is 5.11 Å². The molecule has 3 aliphatic rings. The number of rotatable bonds is 4. The Morgan fingerprint density at radius 3 is 2.35 bits per heavy atom. The highest BCUT2D eigenvalue weighted by Crippen LogP contribution is 2.42. The van der Waals surface area contributed by atoms with Crippen LogP contribution in [0.3, 0.4) is 0 Å². The molecule has 0 aromatic heterocycles. The number of quaternary nitrogens is 2. The van der Waals surface area contributed by atoms with Gasteiger partial charge in [-0.3, -0.25) is 0 Å². The first kappa shape index (κ1) is 11.7. The summed E-state index contributed by atoms with van der Waals surface area (Å²) in [7, 11) is 0. The molecular formula is C14H26N2O+2. The van der Waals surface area contributed by atoms with Crippen molar-refractivity contribution >= 4 is 0 Å². The smallest absolute Gasteiger partial charge is 0.127 e. The topological polar surface area (TPSA) is 29.1 Å². The van der Waals surface area contributed by atoms with Crippen molar-refractivity contribution in [1.82, 2.24) is 0 Å². The van der Waals surface area contributed by atoms with Gasteiger partial charge in [0.2, 0.25) is 0 Å². The monoisotopic (exact) mass is 238 g/mol. The molecule has 2 aliphatic carbocycles. The first-order chi connectivity index (χ1) is 8.35. The molecule has 3 rings (SSSR count). The number of hydrogen-bond acceptors (Lipinski definition) is 1. The van der Waals surface area contributed by atoms with Crippen molar-refractivity contribution in [2.45, 2.75) is 12.8 Å². The number of allylic oxidation sites excluding steroid dienone is 2. The van der Waals surface area contributed by atoms with E-state index < -0.39 is 0 Å². The third kappa shape index (κ3) is 2.56. The van der Waals surface area contributed by atoms with Crippen LogP contribution in [-0.2, 0) is 0 Å². The van der Waals surface area contributed by atoms with Crippen LogP contribution in [0.5, 0.6) is 0 Å². The Balaban J connectivity index is 1.44. The molecule has 3 N–H and O–H groups in total. The van der Waals surface area contributed by atoms with Crippen molar-refractivity contribution < 1.29 is 14.9 Å². The minimum atomic E-state index is 0.349. The maximum Gasteiger partial charge on any atom is 0.127 e. The second kappa shape index (κ2) is 5.09. The highest BCUT2D eigenvalue weighted by Gasteiger charge is 2.38. The van der Waals surface area contributed by atoms with Crippen LogP contribution in [-0.4, -0.2) is 51.0 Å². The molecule has 1 aliphatic heterocycles. The molecule has 0 spiro atoms. The van der Waals surface area contributed by atoms with Gasteiger partial charge in [0.15, 0.2) is 0 Å². The van der Waals surface area contributed by atoms with Crippen LogP contribution in [0, 0.1) is 17.8 Å². The summed E-state index contributed by atoms with van der Waals surface area (Å²) in [6, 6.07) is 0. The molecule has 3 atom stereocenters. The number of aliphatic hydroxyl groups is 1. The van der Waals surface area contributed by atoms with E-state index >= 15 is 0 Å². The van der Waals surface area contributed by atoms with Gasteiger partial charge in [-0.2, -0.15) is 0 Å². The molecule has 96 valence electrons. The van der Waals surface area contributed by atoms with E-state index in [0.29, 0.717) is 6.61 Å². The van der Waals surface area contributed by atoms with Gasteiger partial charge >= 0.3 is 0 Å². The van der Waals surface area contributed by atoms with Crippen molar-refractivity contribution in [3.05, 3.63) is 12.2 Å². The van der Waals surface area contributed by atoms with Gasteiger partial charge in [0, 0.05) is 5.92 Å². The van der Waals surface area contributed by atoms with Gasteiger partial charge in [0.1, 0.15) is 32.7 Å². The van der Waals surface area contributed by atoms with E-state index in [2.05, 4.69) is 12.2 Å². The molecule has 3 heteroatoms. The molecule has 17 heavy (non-hydrogen) atoms. The Morgan fingerprint density at radius 2 is 1.76 bits per heavy atom. The Kier molecular flexibility index (Phi) is 3.50. The van der Waals surface area contributed by atoms with E-state index in [1.54, 1.807) is 4.90 Å². The van der Waals surface area contributed by atoms with Crippen LogP contribution >= 0.6 is 0 Å². The highest BCUT2D eigenvalue weighted by atomic mass is 16.3. The van der Waals surface area contributed by atoms with Crippen molar-refractivity contribution in [3.8, 4) is 0 Å². The van der Waals surface area contributed by atoms with Gasteiger partial charge < -0.3 is 14.9 Å². The molecule has 0 unspecified atom stereocenters. The van der Waals surface area contributed by atoms with E-state index in [1.807, 2.05) is 4.90 Å². The summed E-state index contributed by atoms with van der Waals surface area (Å²) in [5.74, 6) is 2.81. The SMILES string of the molecule is OCC[NH+]1CC[NH+](C[C@@H]2C[C@@H]3C=C[C@H]2C3)CC1. The third-order valence-electron chi connectivity index (χ3n) is 5.10. The molecular weight excluding hydrogens is 212 g/mol. The predicted molar refractivity (Wildman–Crippen MR) is 67.1 cm³/mol. The van der Waals surface area contributed by atoms with Crippen molar-refractivity contribution in [1.29, 1.82) is 0 Å². The molecule has 0 aromatic rings. The summed E-state index contributed by atoms with van der Waals surface area (Å²) in [6.07, 6.45) is 7.82. The lowest BCUT2D eigenvalue weighted by Crippen LogP contribution is -3.28. The van der Waals surface area contributed by atoms with Gasteiger partial charge in [0.05, 0.1) is 13.2 Å². The minimum Gasteiger partial charge on any atom is -0.391 e. The minimum absolute atomic E-state index is 0.349. The summed E-state index contributed by atoms with van der Waals surface area (Å²) >= 11 is 0. The maximum atomic E-state index is 8.95. The normalized spacial score (nSPS) is 44.4. The molecule has 2 fully saturated rings. The number of piperazine rings is 1. The van der Waals surface area contributed by atoms with Gasteiger partial charge in [-0.05, 0) is 24.7 Å². The zero-order valence-corrected chi connectivity index (χ0v) is 10.7. The third-order valence-corrected chi connectivity index (χ3v) is 5.10. The Labute approximate surface area is 104 Å². The largest absolute Gasteiger partial charge is 0.391 e. The number of nitrogens with one attached hydrogen (secondary N) is 2. The summed E-state index contributed by atoms with van der Waals surface area (Å²) in [5.41, 5.74) is 0. The number of hydrogen-bond donors (Lipinski definition) is 3. The summed E-state index contributed by atoms with van der Waals surface area (Å²) < 4.78 is 0. The van der Waals surface area contributed by atoms with Crippen molar-refractivity contribution in [3.63, 3.8) is 0 Å². The quantitative estimate of drug-likeness (QED) is 0.485. The second-order valence-corrected chi connectivity index (χ2v) is 6.22. The molecule has 1 saturated carbocycles. The fraction of sp³-hybridized carbons (Fsp3) is 0.857. The average Bonchev–Trinajstić information content (AvgIpc) is 2.94. The summed E-state index contributed by atoms with van der Waals surface area (Å²) in [5, 5.41) is 8.95. The van der Waals surface area contributed by atoms with E-state index in [-0.39, 0.29) is 0 Å². The van der Waals surface area contributed by atoms with Crippen molar-refractivity contribution in [2.24, 2.45) is 17.8 Å². The lowest BCUT2D eigenvalue weighted by Gasteiger charge is -2.32. The molecule has 1 heterocycles. The standard InChI is InChI=1S/C14H24N2O/c17-8-7-15-3-5-16(6-4-15)11-14-10-12-1-2-13(14)9-12/h1-2,12-14,17H,3-11H2/p+2/t12-,13+,14+/m1/s1. The zero-order chi connectivity index (χ0) is 11.7. The van der Waals surface area contributed by atoms with Crippen LogP contribution in [0.2, 0.25) is 0 Å². The van der Waals surface area contributed by atoms with Gasteiger partial charge in [-0.25, -0.2) is 0 Å². The highest BCUT2D eigenvalue weighted by molar-refractivity contribution is 5.09. The average molecular weight is 238 g/mol. The number of fused-ring (bicyclic) bond motifs is 2. The van der Waals surface area contributed by atoms with Gasteiger partial charge in [-0.15, -0.1) is 0 Å². The van der Waals surface area contributed by atoms with Crippen LogP contribution in [0.4, 0.5) is 0 Å². The van der Waals surface area contributed by atoms with Crippen LogP contribution < -0.4 is 9.80 Å². The lowest BCUT2D eigenvalue weighted by molar-refractivity contribution is -1.01. The number of aliphatic hydroxyl groups excluding tert-OH is 1. The van der Waals surface area contributed by atoms with Crippen LogP contribution in [0.15, 0.2) is 12.2 Å². The molecule has 0 aromatic carbocycles. The Bertz CT molecular complexity index is 284. The molecule has 0 amide bonds. The Hall–Kier alpha value is -0.380. The van der Waals surface area contributed by atoms with Gasteiger partial charge in [-0.1, -0.05) is 12.2 Å². The fourth-order valence-electron chi connectivity index (χ4n) is 4.07. The van der Waals surface area contributed by atoms with Crippen LogP contribution in [0.25, 0.3) is 0 Å². The van der Waals surface area contributed by atoms with Gasteiger partial charge in [0.25, 0.3) is 0 Å². The zero-order valence-electron chi connectivity index (χ0n) is 10.7. The maximum absolute atomic E-state index is 8.95. The first-order valence-corrected chi connectivity index (χ1v) is 7.31. The van der Waals surface area contributed by atoms with E-state index in [1.165, 1.54) is 45.6 Å². The summed E-state index contributed by atoms with van der Waals surface area (Å²) in [6.45, 7) is 7.84. The summed E-state index contributed by atoms with van der Waals surface area (Å²) in [4.78, 5) is 3.42.